The number of hydrogen-bond acceptors (Lipinski definition) is 3. The van der Waals surface area contributed by atoms with Gasteiger partial charge in [-0.1, -0.05) is 35.3 Å². The highest BCUT2D eigenvalue weighted by atomic mass is 35.5. The number of para-hydroxylation sites is 2. The fraction of sp³-hybridized carbons (Fsp3) is 0.235. The molecule has 0 aliphatic carbocycles. The largest absolute Gasteiger partial charge is 0.378 e. The number of carbonyl (C=O) groups excluding carboxylic acids is 1. The Labute approximate surface area is 150 Å². The van der Waals surface area contributed by atoms with Gasteiger partial charge in [-0.05, 0) is 30.3 Å². The van der Waals surface area contributed by atoms with E-state index in [-0.39, 0.29) is 6.03 Å². The number of nitrogens with zero attached hydrogens (tertiary/aromatic N) is 1. The summed E-state index contributed by atoms with van der Waals surface area (Å²) in [6.07, 6.45) is 0. The number of anilines is 3. The van der Waals surface area contributed by atoms with Crippen LogP contribution < -0.4 is 15.5 Å². The van der Waals surface area contributed by atoms with Crippen molar-refractivity contribution in [3.63, 3.8) is 0 Å². The summed E-state index contributed by atoms with van der Waals surface area (Å²) in [5, 5.41) is 6.52. The van der Waals surface area contributed by atoms with Crippen LogP contribution in [-0.4, -0.2) is 32.3 Å². The second-order valence-corrected chi connectivity index (χ2v) is 6.16. The Balaban J connectivity index is 1.73. The molecule has 0 unspecified atom stereocenters. The van der Waals surface area contributed by atoms with Crippen LogP contribution in [0.2, 0.25) is 10.0 Å². The second-order valence-electron chi connectivity index (χ2n) is 5.32. The molecule has 2 aromatic rings. The summed E-state index contributed by atoms with van der Waals surface area (Å²) in [5.41, 5.74) is 2.16. The van der Waals surface area contributed by atoms with E-state index in [1.165, 1.54) is 0 Å². The first kappa shape index (κ1) is 16.9. The number of rotatable bonds is 3. The number of hydrogen-bond donors (Lipinski definition) is 2. The van der Waals surface area contributed by atoms with Crippen molar-refractivity contribution in [2.45, 2.75) is 0 Å². The minimum absolute atomic E-state index is 0.375. The van der Waals surface area contributed by atoms with Gasteiger partial charge in [0.05, 0.1) is 35.3 Å². The maximum absolute atomic E-state index is 12.3. The van der Waals surface area contributed by atoms with Crippen LogP contribution in [0.25, 0.3) is 0 Å². The average molecular weight is 366 g/mol. The van der Waals surface area contributed by atoms with Crippen molar-refractivity contribution >= 4 is 46.3 Å². The highest BCUT2D eigenvalue weighted by molar-refractivity contribution is 6.35. The quantitative estimate of drug-likeness (QED) is 0.843. The lowest BCUT2D eigenvalue weighted by molar-refractivity contribution is 0.123. The molecule has 1 heterocycles. The standard InChI is InChI=1S/C17H17Cl2N3O2/c18-12-5-6-13(19)15(11-12)21-17(23)20-14-3-1-2-4-16(14)22-7-9-24-10-8-22/h1-6,11H,7-10H2,(H2,20,21,23). The molecule has 0 bridgehead atoms. The van der Waals surface area contributed by atoms with Crippen molar-refractivity contribution in [1.29, 1.82) is 0 Å². The number of nitrogens with one attached hydrogen (secondary N) is 2. The fourth-order valence-electron chi connectivity index (χ4n) is 2.53. The normalized spacial score (nSPS) is 14.3. The first-order valence-corrected chi connectivity index (χ1v) is 8.34. The first-order chi connectivity index (χ1) is 11.6. The number of benzene rings is 2. The van der Waals surface area contributed by atoms with Crippen molar-refractivity contribution in [2.24, 2.45) is 0 Å². The summed E-state index contributed by atoms with van der Waals surface area (Å²) in [6, 6.07) is 12.2. The van der Waals surface area contributed by atoms with Crippen molar-refractivity contribution in [1.82, 2.24) is 0 Å². The van der Waals surface area contributed by atoms with Gasteiger partial charge in [-0.2, -0.15) is 0 Å². The Morgan fingerprint density at radius 3 is 2.50 bits per heavy atom. The highest BCUT2D eigenvalue weighted by Crippen LogP contribution is 2.28. The van der Waals surface area contributed by atoms with Crippen LogP contribution in [0.15, 0.2) is 42.5 Å². The summed E-state index contributed by atoms with van der Waals surface area (Å²) in [6.45, 7) is 2.94. The maximum atomic E-state index is 12.3. The van der Waals surface area contributed by atoms with E-state index in [4.69, 9.17) is 27.9 Å². The average Bonchev–Trinajstić information content (AvgIpc) is 2.59. The second kappa shape index (κ2) is 7.75. The summed E-state index contributed by atoms with van der Waals surface area (Å²) in [7, 11) is 0. The molecule has 7 heteroatoms. The van der Waals surface area contributed by atoms with Gasteiger partial charge in [-0.25, -0.2) is 4.79 Å². The van der Waals surface area contributed by atoms with Gasteiger partial charge in [0.2, 0.25) is 0 Å². The van der Waals surface area contributed by atoms with Crippen molar-refractivity contribution in [3.8, 4) is 0 Å². The molecular formula is C17H17Cl2N3O2. The summed E-state index contributed by atoms with van der Waals surface area (Å²) < 4.78 is 5.38. The number of urea groups is 1. The molecule has 0 saturated carbocycles. The van der Waals surface area contributed by atoms with Crippen LogP contribution in [0.5, 0.6) is 0 Å². The molecular weight excluding hydrogens is 349 g/mol. The van der Waals surface area contributed by atoms with Crippen molar-refractivity contribution in [2.75, 3.05) is 41.8 Å². The van der Waals surface area contributed by atoms with Gasteiger partial charge in [0, 0.05) is 18.1 Å². The zero-order valence-corrected chi connectivity index (χ0v) is 14.4. The molecule has 0 radical (unpaired) electrons. The van der Waals surface area contributed by atoms with Gasteiger partial charge in [0.1, 0.15) is 0 Å². The monoisotopic (exact) mass is 365 g/mol. The van der Waals surface area contributed by atoms with Crippen LogP contribution in [0.3, 0.4) is 0 Å². The maximum Gasteiger partial charge on any atom is 0.323 e. The molecule has 0 spiro atoms. The third-order valence-corrected chi connectivity index (χ3v) is 4.25. The van der Waals surface area contributed by atoms with Gasteiger partial charge >= 0.3 is 6.03 Å². The van der Waals surface area contributed by atoms with Gasteiger partial charge < -0.3 is 20.3 Å². The lowest BCUT2D eigenvalue weighted by Crippen LogP contribution is -2.37. The van der Waals surface area contributed by atoms with Gasteiger partial charge in [-0.15, -0.1) is 0 Å². The molecule has 0 aromatic heterocycles. The van der Waals surface area contributed by atoms with E-state index >= 15 is 0 Å². The number of halogens is 2. The van der Waals surface area contributed by atoms with Crippen molar-refractivity contribution < 1.29 is 9.53 Å². The van der Waals surface area contributed by atoms with Crippen LogP contribution in [0, 0.1) is 0 Å². The zero-order valence-electron chi connectivity index (χ0n) is 12.9. The lowest BCUT2D eigenvalue weighted by atomic mass is 10.2. The minimum atomic E-state index is -0.375. The summed E-state index contributed by atoms with van der Waals surface area (Å²) >= 11 is 12.0. The third kappa shape index (κ3) is 4.12. The number of amides is 2. The van der Waals surface area contributed by atoms with E-state index in [0.29, 0.717) is 28.9 Å². The molecule has 24 heavy (non-hydrogen) atoms. The molecule has 0 atom stereocenters. The zero-order chi connectivity index (χ0) is 16.9. The van der Waals surface area contributed by atoms with E-state index in [1.54, 1.807) is 18.2 Å². The molecule has 1 aliphatic heterocycles. The Morgan fingerprint density at radius 1 is 1.00 bits per heavy atom. The van der Waals surface area contributed by atoms with Gasteiger partial charge in [0.25, 0.3) is 0 Å². The molecule has 1 fully saturated rings. The van der Waals surface area contributed by atoms with Gasteiger partial charge in [0.15, 0.2) is 0 Å². The summed E-state index contributed by atoms with van der Waals surface area (Å²) in [4.78, 5) is 14.5. The molecule has 1 aliphatic rings. The lowest BCUT2D eigenvalue weighted by Gasteiger charge is -2.30. The SMILES string of the molecule is O=C(Nc1cc(Cl)ccc1Cl)Nc1ccccc1N1CCOCC1. The number of ether oxygens (including phenoxy) is 1. The smallest absolute Gasteiger partial charge is 0.323 e. The Bertz CT molecular complexity index is 734. The van der Waals surface area contributed by atoms with E-state index in [9.17, 15) is 4.79 Å². The van der Waals surface area contributed by atoms with Crippen molar-refractivity contribution in [3.05, 3.63) is 52.5 Å². The predicted molar refractivity (Wildman–Crippen MR) is 98.6 cm³/mol. The Morgan fingerprint density at radius 2 is 1.71 bits per heavy atom. The van der Waals surface area contributed by atoms with E-state index in [0.717, 1.165) is 24.5 Å². The molecule has 2 N–H and O–H groups in total. The number of carbonyl (C=O) groups is 1. The molecule has 2 amide bonds. The minimum Gasteiger partial charge on any atom is -0.378 e. The van der Waals surface area contributed by atoms with E-state index in [1.807, 2.05) is 24.3 Å². The third-order valence-electron chi connectivity index (χ3n) is 3.68. The predicted octanol–water partition coefficient (Wildman–Crippen LogP) is 4.47. The van der Waals surface area contributed by atoms with Gasteiger partial charge in [-0.3, -0.25) is 0 Å². The molecule has 5 nitrogen and oxygen atoms in total. The van der Waals surface area contributed by atoms with Crippen LogP contribution >= 0.6 is 23.2 Å². The van der Waals surface area contributed by atoms with E-state index < -0.39 is 0 Å². The van der Waals surface area contributed by atoms with Crippen LogP contribution in [-0.2, 0) is 4.74 Å². The molecule has 3 rings (SSSR count). The first-order valence-electron chi connectivity index (χ1n) is 7.58. The summed E-state index contributed by atoms with van der Waals surface area (Å²) in [5.74, 6) is 0. The molecule has 126 valence electrons. The Hall–Kier alpha value is -1.95. The van der Waals surface area contributed by atoms with Crippen LogP contribution in [0.1, 0.15) is 0 Å². The van der Waals surface area contributed by atoms with E-state index in [2.05, 4.69) is 15.5 Å². The number of morpholine rings is 1. The highest BCUT2D eigenvalue weighted by Gasteiger charge is 2.16. The topological polar surface area (TPSA) is 53.6 Å². The molecule has 2 aromatic carbocycles. The Kier molecular flexibility index (Phi) is 5.45. The fourth-order valence-corrected chi connectivity index (χ4v) is 2.87. The molecule has 1 saturated heterocycles. The van der Waals surface area contributed by atoms with Crippen LogP contribution in [0.4, 0.5) is 21.9 Å².